The third-order valence-electron chi connectivity index (χ3n) is 5.71. The van der Waals surface area contributed by atoms with Crippen LogP contribution in [-0.4, -0.2) is 44.4 Å². The summed E-state index contributed by atoms with van der Waals surface area (Å²) in [5.74, 6) is 3.14. The molecule has 6 nitrogen and oxygen atoms in total. The fraction of sp³-hybridized carbons (Fsp3) is 0.400. The lowest BCUT2D eigenvalue weighted by atomic mass is 9.92. The number of nitrogens with zero attached hydrogens (tertiary/aromatic N) is 4. The van der Waals surface area contributed by atoms with Gasteiger partial charge in [0.2, 0.25) is 5.91 Å². The Bertz CT molecular complexity index is 1040. The number of carbonyl (C=O) groups is 1. The predicted molar refractivity (Wildman–Crippen MR) is 127 cm³/mol. The summed E-state index contributed by atoms with van der Waals surface area (Å²) in [7, 11) is 0. The molecule has 0 radical (unpaired) electrons. The van der Waals surface area contributed by atoms with Crippen LogP contribution in [0.5, 0.6) is 5.75 Å². The summed E-state index contributed by atoms with van der Waals surface area (Å²) < 4.78 is 8.02. The number of benzene rings is 2. The number of hydrogen-bond acceptors (Lipinski definition) is 5. The van der Waals surface area contributed by atoms with Crippen LogP contribution in [0.4, 0.5) is 0 Å². The van der Waals surface area contributed by atoms with Crippen molar-refractivity contribution in [1.82, 2.24) is 19.7 Å². The highest BCUT2D eigenvalue weighted by molar-refractivity contribution is 7.99. The zero-order valence-corrected chi connectivity index (χ0v) is 19.7. The van der Waals surface area contributed by atoms with Crippen molar-refractivity contribution in [2.75, 3.05) is 18.8 Å². The molecule has 0 spiro atoms. The van der Waals surface area contributed by atoms with Crippen molar-refractivity contribution in [3.05, 3.63) is 66.0 Å². The maximum absolute atomic E-state index is 12.9. The van der Waals surface area contributed by atoms with Crippen molar-refractivity contribution < 1.29 is 9.53 Å². The van der Waals surface area contributed by atoms with Crippen molar-refractivity contribution in [3.63, 3.8) is 0 Å². The molecule has 2 aromatic carbocycles. The van der Waals surface area contributed by atoms with Crippen molar-refractivity contribution in [2.24, 2.45) is 11.8 Å². The number of aryl methyl sites for hydroxylation is 1. The standard InChI is InChI=1S/C25H30N4O2S/c1-18-13-19(2)15-28(14-18)24(30)17-32-25-27-26-23(29(25)21-10-5-4-6-11-21)16-31-22-12-8-7-9-20(22)3/h4-12,18-19H,13-17H2,1-3H3. The SMILES string of the molecule is Cc1ccccc1OCc1nnc(SCC(=O)N2CC(C)CC(C)C2)n1-c1ccccc1. The summed E-state index contributed by atoms with van der Waals surface area (Å²) in [5.41, 5.74) is 2.03. The van der Waals surface area contributed by atoms with Crippen LogP contribution in [0.1, 0.15) is 31.7 Å². The number of ether oxygens (including phenoxy) is 1. The van der Waals surface area contributed by atoms with E-state index in [0.717, 1.165) is 30.1 Å². The van der Waals surface area contributed by atoms with Gasteiger partial charge < -0.3 is 9.64 Å². The Morgan fingerprint density at radius 1 is 1.03 bits per heavy atom. The Labute approximate surface area is 194 Å². The van der Waals surface area contributed by atoms with Gasteiger partial charge in [-0.3, -0.25) is 9.36 Å². The normalized spacial score (nSPS) is 18.5. The second-order valence-corrected chi connectivity index (χ2v) is 9.60. The predicted octanol–water partition coefficient (Wildman–Crippen LogP) is 4.75. The van der Waals surface area contributed by atoms with Crippen LogP contribution in [0.2, 0.25) is 0 Å². The van der Waals surface area contributed by atoms with E-state index in [1.54, 1.807) is 0 Å². The number of likely N-dealkylation sites (tertiary alicyclic amines) is 1. The topological polar surface area (TPSA) is 60.3 Å². The minimum Gasteiger partial charge on any atom is -0.485 e. The van der Waals surface area contributed by atoms with Crippen molar-refractivity contribution >= 4 is 17.7 Å². The van der Waals surface area contributed by atoms with Gasteiger partial charge in [0.15, 0.2) is 11.0 Å². The van der Waals surface area contributed by atoms with E-state index in [-0.39, 0.29) is 5.91 Å². The molecule has 2 heterocycles. The zero-order valence-electron chi connectivity index (χ0n) is 18.9. The summed E-state index contributed by atoms with van der Waals surface area (Å²) in [6.07, 6.45) is 1.18. The number of hydrogen-bond donors (Lipinski definition) is 0. The molecule has 3 aromatic rings. The van der Waals surface area contributed by atoms with Crippen molar-refractivity contribution in [3.8, 4) is 11.4 Å². The van der Waals surface area contributed by atoms with Crippen molar-refractivity contribution in [2.45, 2.75) is 39.0 Å². The highest BCUT2D eigenvalue weighted by Gasteiger charge is 2.26. The molecule has 0 bridgehead atoms. The van der Waals surface area contributed by atoms with E-state index in [0.29, 0.717) is 35.2 Å². The Kier molecular flexibility index (Phi) is 7.15. The van der Waals surface area contributed by atoms with E-state index in [2.05, 4.69) is 24.0 Å². The summed E-state index contributed by atoms with van der Waals surface area (Å²) in [5, 5.41) is 9.49. The molecule has 1 aliphatic heterocycles. The van der Waals surface area contributed by atoms with Crippen LogP contribution in [-0.2, 0) is 11.4 Å². The zero-order chi connectivity index (χ0) is 22.5. The first-order valence-corrected chi connectivity index (χ1v) is 12.1. The molecule has 0 saturated carbocycles. The number of rotatable bonds is 7. The summed E-state index contributed by atoms with van der Waals surface area (Å²) in [6, 6.07) is 17.9. The van der Waals surface area contributed by atoms with Gasteiger partial charge in [-0.15, -0.1) is 10.2 Å². The van der Waals surface area contributed by atoms with Gasteiger partial charge in [0.05, 0.1) is 5.75 Å². The third-order valence-corrected chi connectivity index (χ3v) is 6.63. The first-order valence-electron chi connectivity index (χ1n) is 11.1. The van der Waals surface area contributed by atoms with Gasteiger partial charge in [-0.05, 0) is 48.9 Å². The van der Waals surface area contributed by atoms with E-state index in [9.17, 15) is 4.79 Å². The lowest BCUT2D eigenvalue weighted by Gasteiger charge is -2.34. The number of thioether (sulfide) groups is 1. The van der Waals surface area contributed by atoms with Crippen LogP contribution in [0.3, 0.4) is 0 Å². The second kappa shape index (κ2) is 10.2. The molecule has 1 aromatic heterocycles. The monoisotopic (exact) mass is 450 g/mol. The maximum atomic E-state index is 12.9. The first-order chi connectivity index (χ1) is 15.5. The molecule has 168 valence electrons. The molecule has 0 N–H and O–H groups in total. The summed E-state index contributed by atoms with van der Waals surface area (Å²) in [4.78, 5) is 14.9. The van der Waals surface area contributed by atoms with Gasteiger partial charge in [0, 0.05) is 18.8 Å². The molecular formula is C25H30N4O2S. The molecule has 2 atom stereocenters. The molecule has 1 saturated heterocycles. The van der Waals surface area contributed by atoms with E-state index in [1.165, 1.54) is 18.2 Å². The average Bonchev–Trinajstić information content (AvgIpc) is 3.19. The molecular weight excluding hydrogens is 420 g/mol. The second-order valence-electron chi connectivity index (χ2n) is 8.66. The smallest absolute Gasteiger partial charge is 0.233 e. The minimum atomic E-state index is 0.161. The number of para-hydroxylation sites is 2. The Balaban J connectivity index is 1.50. The van der Waals surface area contributed by atoms with E-state index in [4.69, 9.17) is 4.74 Å². The molecule has 0 aliphatic carbocycles. The fourth-order valence-electron chi connectivity index (χ4n) is 4.27. The van der Waals surface area contributed by atoms with Gasteiger partial charge in [-0.2, -0.15) is 0 Å². The van der Waals surface area contributed by atoms with Crippen molar-refractivity contribution in [1.29, 1.82) is 0 Å². The number of carbonyl (C=O) groups excluding carboxylic acids is 1. The van der Waals surface area contributed by atoms with E-state index in [1.807, 2.05) is 71.0 Å². The third kappa shape index (κ3) is 5.33. The largest absolute Gasteiger partial charge is 0.485 e. The van der Waals surface area contributed by atoms with Crippen LogP contribution in [0.15, 0.2) is 59.8 Å². The first kappa shape index (κ1) is 22.4. The fourth-order valence-corrected chi connectivity index (χ4v) is 5.14. The van der Waals surface area contributed by atoms with Crippen LogP contribution < -0.4 is 4.74 Å². The summed E-state index contributed by atoms with van der Waals surface area (Å²) >= 11 is 1.43. The highest BCUT2D eigenvalue weighted by atomic mass is 32.2. The highest BCUT2D eigenvalue weighted by Crippen LogP contribution is 2.26. The van der Waals surface area contributed by atoms with E-state index >= 15 is 0 Å². The molecule has 32 heavy (non-hydrogen) atoms. The van der Waals surface area contributed by atoms with Crippen LogP contribution in [0.25, 0.3) is 5.69 Å². The Hall–Kier alpha value is -2.80. The molecule has 1 amide bonds. The Morgan fingerprint density at radius 2 is 1.72 bits per heavy atom. The lowest BCUT2D eigenvalue weighted by Crippen LogP contribution is -2.43. The lowest BCUT2D eigenvalue weighted by molar-refractivity contribution is -0.130. The van der Waals surface area contributed by atoms with Crippen LogP contribution in [0, 0.1) is 18.8 Å². The average molecular weight is 451 g/mol. The molecule has 1 fully saturated rings. The number of aromatic nitrogens is 3. The van der Waals surface area contributed by atoms with Gasteiger partial charge in [-0.1, -0.05) is 62.0 Å². The summed E-state index contributed by atoms with van der Waals surface area (Å²) in [6.45, 7) is 8.43. The van der Waals surface area contributed by atoms with Gasteiger partial charge >= 0.3 is 0 Å². The number of piperidine rings is 1. The molecule has 4 rings (SSSR count). The number of amides is 1. The van der Waals surface area contributed by atoms with Gasteiger partial charge in [0.1, 0.15) is 12.4 Å². The molecule has 2 unspecified atom stereocenters. The molecule has 1 aliphatic rings. The Morgan fingerprint density at radius 3 is 2.44 bits per heavy atom. The quantitative estimate of drug-likeness (QED) is 0.486. The minimum absolute atomic E-state index is 0.161. The molecule has 7 heteroatoms. The van der Waals surface area contributed by atoms with E-state index < -0.39 is 0 Å². The van der Waals surface area contributed by atoms with Gasteiger partial charge in [-0.25, -0.2) is 0 Å². The maximum Gasteiger partial charge on any atom is 0.233 e. The van der Waals surface area contributed by atoms with Crippen LogP contribution >= 0.6 is 11.8 Å². The van der Waals surface area contributed by atoms with Gasteiger partial charge in [0.25, 0.3) is 0 Å².